The Hall–Kier alpha value is -2.96. The number of urea groups is 1. The van der Waals surface area contributed by atoms with Crippen molar-refractivity contribution in [3.8, 4) is 0 Å². The highest BCUT2D eigenvalue weighted by Crippen LogP contribution is 2.65. The van der Waals surface area contributed by atoms with Gasteiger partial charge in [0.15, 0.2) is 0 Å². The molecule has 0 aromatic heterocycles. The summed E-state index contributed by atoms with van der Waals surface area (Å²) in [6.45, 7) is 13.8. The lowest BCUT2D eigenvalue weighted by Crippen LogP contribution is -2.64. The lowest BCUT2D eigenvalue weighted by molar-refractivity contribution is -0.145. The summed E-state index contributed by atoms with van der Waals surface area (Å²) < 4.78 is 24.6. The number of carbonyl (C=O) groups excluding carboxylic acids is 5. The van der Waals surface area contributed by atoms with Gasteiger partial charge >= 0.3 is 6.03 Å². The topological polar surface area (TPSA) is 171 Å². The van der Waals surface area contributed by atoms with E-state index in [0.717, 1.165) is 44.8 Å². The molecule has 1 saturated heterocycles. The molecular weight excluding hydrogens is 634 g/mol. The van der Waals surface area contributed by atoms with E-state index in [2.05, 4.69) is 41.7 Å². The highest BCUT2D eigenvalue weighted by atomic mass is 32.2. The largest absolute Gasteiger partial charge is 0.349 e. The zero-order valence-electron chi connectivity index (χ0n) is 29.7. The average Bonchev–Trinajstić information content (AvgIpc) is 3.26. The van der Waals surface area contributed by atoms with Crippen LogP contribution in [0.1, 0.15) is 98.8 Å². The third-order valence-corrected chi connectivity index (χ3v) is 12.2. The van der Waals surface area contributed by atoms with Crippen molar-refractivity contribution >= 4 is 39.4 Å². The van der Waals surface area contributed by atoms with Gasteiger partial charge in [-0.2, -0.15) is 0 Å². The number of fused-ring (bicyclic) bond motifs is 1. The van der Waals surface area contributed by atoms with E-state index >= 15 is 0 Å². The van der Waals surface area contributed by atoms with Crippen molar-refractivity contribution in [2.24, 2.45) is 28.6 Å². The van der Waals surface area contributed by atoms with E-state index < -0.39 is 68.5 Å². The molecule has 5 atom stereocenters. The molecule has 3 saturated carbocycles. The number of sulfone groups is 1. The summed E-state index contributed by atoms with van der Waals surface area (Å²) in [6, 6.07) is -3.51. The molecule has 0 bridgehead atoms. The van der Waals surface area contributed by atoms with Gasteiger partial charge in [0.25, 0.3) is 5.91 Å². The van der Waals surface area contributed by atoms with E-state index in [0.29, 0.717) is 32.2 Å². The zero-order chi connectivity index (χ0) is 35.7. The molecule has 1 heterocycles. The maximum atomic E-state index is 14.4. The highest BCUT2D eigenvalue weighted by molar-refractivity contribution is 7.90. The van der Waals surface area contributed by atoms with Gasteiger partial charge in [-0.3, -0.25) is 19.2 Å². The number of likely N-dealkylation sites (tertiary alicyclic amines) is 1. The average molecular weight is 692 g/mol. The van der Waals surface area contributed by atoms with Gasteiger partial charge in [0.1, 0.15) is 21.9 Å². The van der Waals surface area contributed by atoms with Crippen LogP contribution in [0.5, 0.6) is 0 Å². The van der Waals surface area contributed by atoms with Crippen LogP contribution in [-0.4, -0.2) is 91.6 Å². The SMILES string of the molecule is C=CCCNC(=O)C(=O)C(CC1CCC1)NC(=O)[C@@H]1C2C(CN1C(=O)[C@@H](NC(=O)NC1(CS(C)(=O)=O)CCCCC1)C(C)(C)C)C2(C)C. The highest BCUT2D eigenvalue weighted by Gasteiger charge is 2.70. The summed E-state index contributed by atoms with van der Waals surface area (Å²) in [5.74, 6) is -2.35. The van der Waals surface area contributed by atoms with Gasteiger partial charge in [-0.1, -0.05) is 79.2 Å². The first-order chi connectivity index (χ1) is 22.3. The molecule has 5 amide bonds. The third kappa shape index (κ3) is 8.79. The number of carbonyl (C=O) groups is 5. The normalized spacial score (nSPS) is 25.8. The minimum atomic E-state index is -3.39. The molecule has 270 valence electrons. The van der Waals surface area contributed by atoms with Gasteiger partial charge in [0.05, 0.1) is 17.3 Å². The molecule has 13 heteroatoms. The summed E-state index contributed by atoms with van der Waals surface area (Å²) in [5.41, 5.74) is -1.86. The minimum Gasteiger partial charge on any atom is -0.349 e. The van der Waals surface area contributed by atoms with Gasteiger partial charge in [0, 0.05) is 19.3 Å². The monoisotopic (exact) mass is 691 g/mol. The van der Waals surface area contributed by atoms with Crippen molar-refractivity contribution in [1.82, 2.24) is 26.2 Å². The number of ketones is 1. The Bertz CT molecular complexity index is 1380. The molecule has 0 spiro atoms. The number of piperidine rings is 1. The molecule has 12 nitrogen and oxygen atoms in total. The number of nitrogens with zero attached hydrogens (tertiary/aromatic N) is 1. The van der Waals surface area contributed by atoms with Crippen LogP contribution in [0.25, 0.3) is 0 Å². The number of hydrogen-bond donors (Lipinski definition) is 4. The first kappa shape index (κ1) is 37.9. The van der Waals surface area contributed by atoms with Gasteiger partial charge in [-0.15, -0.1) is 6.58 Å². The van der Waals surface area contributed by atoms with Crippen molar-refractivity contribution in [2.45, 2.75) is 122 Å². The first-order valence-corrected chi connectivity index (χ1v) is 19.7. The fraction of sp³-hybridized carbons (Fsp3) is 0.800. The number of amides is 5. The molecule has 4 aliphatic rings. The molecule has 3 unspecified atom stereocenters. The molecule has 4 rings (SSSR count). The van der Waals surface area contributed by atoms with Crippen LogP contribution in [0, 0.1) is 28.6 Å². The van der Waals surface area contributed by atoms with E-state index in [1.165, 1.54) is 4.90 Å². The van der Waals surface area contributed by atoms with Crippen molar-refractivity contribution < 1.29 is 32.4 Å². The number of rotatable bonds is 14. The van der Waals surface area contributed by atoms with E-state index in [1.807, 2.05) is 20.8 Å². The van der Waals surface area contributed by atoms with Crippen molar-refractivity contribution in [1.29, 1.82) is 0 Å². The number of Topliss-reactive ketones (excluding diaryl/α,β-unsaturated/α-hetero) is 1. The molecule has 4 fully saturated rings. The Morgan fingerprint density at radius 3 is 2.19 bits per heavy atom. The van der Waals surface area contributed by atoms with E-state index in [4.69, 9.17) is 0 Å². The first-order valence-electron chi connectivity index (χ1n) is 17.6. The van der Waals surface area contributed by atoms with Crippen LogP contribution in [0.2, 0.25) is 0 Å². The summed E-state index contributed by atoms with van der Waals surface area (Å²) in [5, 5.41) is 11.3. The molecule has 4 N–H and O–H groups in total. The second-order valence-electron chi connectivity index (χ2n) is 16.5. The smallest absolute Gasteiger partial charge is 0.315 e. The predicted octanol–water partition coefficient (Wildman–Crippen LogP) is 2.87. The Labute approximate surface area is 286 Å². The molecule has 48 heavy (non-hydrogen) atoms. The number of nitrogens with one attached hydrogen (secondary N) is 4. The molecular formula is C35H57N5O7S. The summed E-state index contributed by atoms with van der Waals surface area (Å²) >= 11 is 0. The van der Waals surface area contributed by atoms with Gasteiger partial charge in [-0.25, -0.2) is 13.2 Å². The second kappa shape index (κ2) is 14.5. The summed E-state index contributed by atoms with van der Waals surface area (Å²) in [4.78, 5) is 69.7. The third-order valence-electron chi connectivity index (χ3n) is 11.2. The summed E-state index contributed by atoms with van der Waals surface area (Å²) in [6.07, 6.45) is 10.2. The lowest BCUT2D eigenvalue weighted by atomic mass is 9.80. The standard InChI is InChI=1S/C35H57N5O7S/c1-8-9-18-36-30(43)27(41)24(19-22-14-13-15-22)37-29(42)26-25-23(34(25,5)6)20-40(26)31(44)28(33(2,3)4)38-32(45)39-35(21-48(7,46)47)16-11-10-12-17-35/h8,22-26,28H,1,9-21H2,2-7H3,(H,36,43)(H,37,42)(H2,38,39,45)/t23?,24?,25?,26-,28+/m0/s1. The molecule has 0 aromatic carbocycles. The van der Waals surface area contributed by atoms with Crippen molar-refractivity contribution in [3.05, 3.63) is 12.7 Å². The Morgan fingerprint density at radius 2 is 1.65 bits per heavy atom. The Balaban J connectivity index is 1.53. The lowest BCUT2D eigenvalue weighted by Gasteiger charge is -2.40. The quantitative estimate of drug-likeness (QED) is 0.123. The minimum absolute atomic E-state index is 0.0647. The second-order valence-corrected chi connectivity index (χ2v) is 18.6. The van der Waals surface area contributed by atoms with Gasteiger partial charge in [0.2, 0.25) is 17.6 Å². The van der Waals surface area contributed by atoms with Crippen molar-refractivity contribution in [2.75, 3.05) is 25.1 Å². The van der Waals surface area contributed by atoms with Gasteiger partial charge < -0.3 is 26.2 Å². The Morgan fingerprint density at radius 1 is 1.00 bits per heavy atom. The maximum Gasteiger partial charge on any atom is 0.315 e. The van der Waals surface area contributed by atoms with E-state index in [9.17, 15) is 32.4 Å². The van der Waals surface area contributed by atoms with Crippen LogP contribution in [0.3, 0.4) is 0 Å². The van der Waals surface area contributed by atoms with Crippen LogP contribution in [0.15, 0.2) is 12.7 Å². The van der Waals surface area contributed by atoms with Crippen LogP contribution < -0.4 is 21.3 Å². The Kier molecular flexibility index (Phi) is 11.4. The molecule has 0 radical (unpaired) electrons. The van der Waals surface area contributed by atoms with Crippen LogP contribution >= 0.6 is 0 Å². The fourth-order valence-electron chi connectivity index (χ4n) is 8.16. The van der Waals surface area contributed by atoms with Gasteiger partial charge in [-0.05, 0) is 54.3 Å². The van der Waals surface area contributed by atoms with E-state index in [1.54, 1.807) is 6.08 Å². The zero-order valence-corrected chi connectivity index (χ0v) is 30.5. The molecule has 0 aromatic rings. The number of hydrogen-bond acceptors (Lipinski definition) is 7. The maximum absolute atomic E-state index is 14.4. The van der Waals surface area contributed by atoms with E-state index in [-0.39, 0.29) is 35.5 Å². The van der Waals surface area contributed by atoms with Crippen LogP contribution in [0.4, 0.5) is 4.79 Å². The molecule has 1 aliphatic heterocycles. The summed E-state index contributed by atoms with van der Waals surface area (Å²) in [7, 11) is -3.39. The van der Waals surface area contributed by atoms with Crippen molar-refractivity contribution in [3.63, 3.8) is 0 Å². The van der Waals surface area contributed by atoms with Crippen LogP contribution in [-0.2, 0) is 29.0 Å². The molecule has 3 aliphatic carbocycles. The fourth-order valence-corrected chi connectivity index (χ4v) is 9.52. The predicted molar refractivity (Wildman–Crippen MR) is 183 cm³/mol.